The number of nitrogens with one attached hydrogen (secondary N) is 1. The molecule has 0 saturated carbocycles. The summed E-state index contributed by atoms with van der Waals surface area (Å²) in [6.45, 7) is 5.30. The highest BCUT2D eigenvalue weighted by Crippen LogP contribution is 2.13. The minimum absolute atomic E-state index is 0.748. The summed E-state index contributed by atoms with van der Waals surface area (Å²) in [5.41, 5.74) is 0.967. The van der Waals surface area contributed by atoms with Gasteiger partial charge in [0.2, 0.25) is 0 Å². The molecule has 1 N–H and O–H groups in total. The summed E-state index contributed by atoms with van der Waals surface area (Å²) in [5.74, 6) is 1.71. The first-order chi connectivity index (χ1) is 7.25. The Labute approximate surface area is 90.7 Å². The van der Waals surface area contributed by atoms with Crippen LogP contribution in [0.2, 0.25) is 0 Å². The second-order valence-electron chi connectivity index (χ2n) is 4.27. The van der Waals surface area contributed by atoms with Gasteiger partial charge < -0.3 is 10.2 Å². The molecule has 0 unspecified atom stereocenters. The van der Waals surface area contributed by atoms with Crippen molar-refractivity contribution in [2.75, 3.05) is 31.6 Å². The lowest BCUT2D eigenvalue weighted by Gasteiger charge is -2.20. The topological polar surface area (TPSA) is 41.0 Å². The first-order valence-corrected chi connectivity index (χ1v) is 5.48. The van der Waals surface area contributed by atoms with E-state index in [1.807, 2.05) is 19.1 Å². The van der Waals surface area contributed by atoms with E-state index in [-0.39, 0.29) is 0 Å². The molecule has 1 saturated heterocycles. The Hall–Kier alpha value is -1.16. The van der Waals surface area contributed by atoms with Crippen LogP contribution in [0.15, 0.2) is 12.1 Å². The van der Waals surface area contributed by atoms with E-state index in [1.165, 1.54) is 6.42 Å². The van der Waals surface area contributed by atoms with E-state index in [0.29, 0.717) is 0 Å². The third-order valence-corrected chi connectivity index (χ3v) is 2.87. The Kier molecular flexibility index (Phi) is 3.16. The van der Waals surface area contributed by atoms with Gasteiger partial charge in [0, 0.05) is 13.6 Å². The summed E-state index contributed by atoms with van der Waals surface area (Å²) in [5, 5.41) is 11.6. The molecular formula is C11H18N4. The van der Waals surface area contributed by atoms with Crippen LogP contribution < -0.4 is 10.2 Å². The van der Waals surface area contributed by atoms with Crippen LogP contribution >= 0.6 is 0 Å². The predicted octanol–water partition coefficient (Wildman–Crippen LogP) is 0.831. The van der Waals surface area contributed by atoms with Gasteiger partial charge in [-0.2, -0.15) is 5.10 Å². The lowest BCUT2D eigenvalue weighted by atomic mass is 10.1. The normalized spacial score (nSPS) is 20.5. The minimum atomic E-state index is 0.748. The van der Waals surface area contributed by atoms with E-state index in [0.717, 1.165) is 37.1 Å². The maximum atomic E-state index is 4.18. The SMILES string of the molecule is Cc1ccc(N(C)C[C@@H]2CCNC2)nn1. The molecule has 15 heavy (non-hydrogen) atoms. The van der Waals surface area contributed by atoms with E-state index in [2.05, 4.69) is 27.5 Å². The summed E-state index contributed by atoms with van der Waals surface area (Å²) >= 11 is 0. The molecule has 0 spiro atoms. The van der Waals surface area contributed by atoms with E-state index in [4.69, 9.17) is 0 Å². The van der Waals surface area contributed by atoms with Gasteiger partial charge in [-0.05, 0) is 44.5 Å². The molecule has 0 bridgehead atoms. The molecule has 1 fully saturated rings. The highest BCUT2D eigenvalue weighted by molar-refractivity contribution is 5.36. The first-order valence-electron chi connectivity index (χ1n) is 5.48. The van der Waals surface area contributed by atoms with Gasteiger partial charge in [0.15, 0.2) is 5.82 Å². The number of aryl methyl sites for hydroxylation is 1. The third-order valence-electron chi connectivity index (χ3n) is 2.87. The predicted molar refractivity (Wildman–Crippen MR) is 61.0 cm³/mol. The zero-order valence-electron chi connectivity index (χ0n) is 9.40. The molecule has 0 aromatic carbocycles. The summed E-state index contributed by atoms with van der Waals surface area (Å²) in [6, 6.07) is 4.04. The van der Waals surface area contributed by atoms with Gasteiger partial charge in [0.05, 0.1) is 5.69 Å². The van der Waals surface area contributed by atoms with Crippen LogP contribution in [0.25, 0.3) is 0 Å². The molecule has 1 atom stereocenters. The number of anilines is 1. The van der Waals surface area contributed by atoms with Crippen molar-refractivity contribution in [3.8, 4) is 0 Å². The van der Waals surface area contributed by atoms with Crippen molar-refractivity contribution in [1.82, 2.24) is 15.5 Å². The average molecular weight is 206 g/mol. The van der Waals surface area contributed by atoms with Gasteiger partial charge in [0.1, 0.15) is 0 Å². The van der Waals surface area contributed by atoms with Crippen LogP contribution in [0.4, 0.5) is 5.82 Å². The average Bonchev–Trinajstić information content (AvgIpc) is 2.71. The fraction of sp³-hybridized carbons (Fsp3) is 0.636. The highest BCUT2D eigenvalue weighted by atomic mass is 15.2. The van der Waals surface area contributed by atoms with Crippen molar-refractivity contribution in [2.45, 2.75) is 13.3 Å². The molecule has 4 nitrogen and oxygen atoms in total. The molecule has 1 aliphatic rings. The largest absolute Gasteiger partial charge is 0.358 e. The van der Waals surface area contributed by atoms with Gasteiger partial charge in [-0.15, -0.1) is 5.10 Å². The van der Waals surface area contributed by atoms with Crippen molar-refractivity contribution in [2.24, 2.45) is 5.92 Å². The molecular weight excluding hydrogens is 188 g/mol. The van der Waals surface area contributed by atoms with Crippen LogP contribution in [0.5, 0.6) is 0 Å². The summed E-state index contributed by atoms with van der Waals surface area (Å²) in [6.07, 6.45) is 1.27. The van der Waals surface area contributed by atoms with Gasteiger partial charge >= 0.3 is 0 Å². The van der Waals surface area contributed by atoms with E-state index < -0.39 is 0 Å². The number of hydrogen-bond donors (Lipinski definition) is 1. The van der Waals surface area contributed by atoms with Crippen molar-refractivity contribution in [3.63, 3.8) is 0 Å². The van der Waals surface area contributed by atoms with E-state index in [1.54, 1.807) is 0 Å². The smallest absolute Gasteiger partial charge is 0.150 e. The van der Waals surface area contributed by atoms with Crippen molar-refractivity contribution in [3.05, 3.63) is 17.8 Å². The van der Waals surface area contributed by atoms with Crippen LogP contribution in [-0.4, -0.2) is 36.9 Å². The Balaban J connectivity index is 1.94. The first kappa shape index (κ1) is 10.4. The molecule has 0 amide bonds. The lowest BCUT2D eigenvalue weighted by molar-refractivity contribution is 0.574. The standard InChI is InChI=1S/C11H18N4/c1-9-3-4-11(14-13-9)15(2)8-10-5-6-12-7-10/h3-4,10,12H,5-8H2,1-2H3/t10-/m1/s1. The second-order valence-corrected chi connectivity index (χ2v) is 4.27. The molecule has 2 rings (SSSR count). The quantitative estimate of drug-likeness (QED) is 0.795. The van der Waals surface area contributed by atoms with E-state index in [9.17, 15) is 0 Å². The fourth-order valence-corrected chi connectivity index (χ4v) is 1.95. The molecule has 2 heterocycles. The number of nitrogens with zero attached hydrogens (tertiary/aromatic N) is 3. The summed E-state index contributed by atoms with van der Waals surface area (Å²) < 4.78 is 0. The molecule has 1 aromatic heterocycles. The number of aromatic nitrogens is 2. The zero-order valence-corrected chi connectivity index (χ0v) is 9.40. The van der Waals surface area contributed by atoms with Crippen LogP contribution in [0.3, 0.4) is 0 Å². The van der Waals surface area contributed by atoms with Gasteiger partial charge in [-0.3, -0.25) is 0 Å². The molecule has 82 valence electrons. The molecule has 1 aromatic rings. The third kappa shape index (κ3) is 2.65. The molecule has 0 radical (unpaired) electrons. The van der Waals surface area contributed by atoms with E-state index >= 15 is 0 Å². The summed E-state index contributed by atoms with van der Waals surface area (Å²) in [7, 11) is 2.08. The monoisotopic (exact) mass is 206 g/mol. The molecule has 1 aliphatic heterocycles. The van der Waals surface area contributed by atoms with Gasteiger partial charge in [-0.25, -0.2) is 0 Å². The Morgan fingerprint density at radius 3 is 2.93 bits per heavy atom. The highest BCUT2D eigenvalue weighted by Gasteiger charge is 2.16. The Morgan fingerprint density at radius 2 is 2.33 bits per heavy atom. The zero-order chi connectivity index (χ0) is 10.7. The number of hydrogen-bond acceptors (Lipinski definition) is 4. The van der Waals surface area contributed by atoms with Crippen molar-refractivity contribution >= 4 is 5.82 Å². The number of rotatable bonds is 3. The van der Waals surface area contributed by atoms with Crippen LogP contribution in [0.1, 0.15) is 12.1 Å². The maximum absolute atomic E-state index is 4.18. The Bertz CT molecular complexity index is 303. The van der Waals surface area contributed by atoms with Crippen molar-refractivity contribution < 1.29 is 0 Å². The maximum Gasteiger partial charge on any atom is 0.150 e. The second kappa shape index (κ2) is 4.57. The fourth-order valence-electron chi connectivity index (χ4n) is 1.95. The minimum Gasteiger partial charge on any atom is -0.358 e. The van der Waals surface area contributed by atoms with Gasteiger partial charge in [0.25, 0.3) is 0 Å². The molecule has 4 heteroatoms. The summed E-state index contributed by atoms with van der Waals surface area (Å²) in [4.78, 5) is 2.18. The van der Waals surface area contributed by atoms with Crippen molar-refractivity contribution in [1.29, 1.82) is 0 Å². The molecule has 0 aliphatic carbocycles. The van der Waals surface area contributed by atoms with Crippen LogP contribution in [0, 0.1) is 12.8 Å². The van der Waals surface area contributed by atoms with Crippen LogP contribution in [-0.2, 0) is 0 Å². The lowest BCUT2D eigenvalue weighted by Crippen LogP contribution is -2.27. The Morgan fingerprint density at radius 1 is 1.47 bits per heavy atom. The van der Waals surface area contributed by atoms with Gasteiger partial charge in [-0.1, -0.05) is 0 Å².